The van der Waals surface area contributed by atoms with Crippen LogP contribution in [-0.2, 0) is 11.2 Å². The summed E-state index contributed by atoms with van der Waals surface area (Å²) in [5.74, 6) is 0.548. The summed E-state index contributed by atoms with van der Waals surface area (Å²) < 4.78 is 5.80. The molecule has 3 nitrogen and oxygen atoms in total. The Morgan fingerprint density at radius 3 is 2.73 bits per heavy atom. The molecule has 4 heteroatoms. The fourth-order valence-electron chi connectivity index (χ4n) is 2.12. The fourth-order valence-corrected chi connectivity index (χ4v) is 2.29. The van der Waals surface area contributed by atoms with Crippen LogP contribution in [0.1, 0.15) is 25.0 Å². The number of para-hydroxylation sites is 1. The lowest BCUT2D eigenvalue weighted by Crippen LogP contribution is -2.30. The quantitative estimate of drug-likeness (QED) is 0.874. The average Bonchev–Trinajstić information content (AvgIpc) is 2.51. The normalized spacial score (nSPS) is 11.8. The number of aryl methyl sites for hydroxylation is 2. The number of rotatable bonds is 5. The van der Waals surface area contributed by atoms with Crippen molar-refractivity contribution < 1.29 is 9.53 Å². The number of ether oxygens (including phenoxy) is 1. The van der Waals surface area contributed by atoms with Gasteiger partial charge in [0.15, 0.2) is 6.10 Å². The molecule has 2 aromatic rings. The number of hydrogen-bond donors (Lipinski definition) is 1. The molecule has 1 amide bonds. The second-order valence-corrected chi connectivity index (χ2v) is 5.61. The van der Waals surface area contributed by atoms with E-state index in [9.17, 15) is 4.79 Å². The highest BCUT2D eigenvalue weighted by atomic mass is 35.5. The van der Waals surface area contributed by atoms with Gasteiger partial charge in [-0.1, -0.05) is 42.8 Å². The number of nitrogens with one attached hydrogen (secondary N) is 1. The van der Waals surface area contributed by atoms with Crippen LogP contribution in [0.15, 0.2) is 42.5 Å². The van der Waals surface area contributed by atoms with E-state index < -0.39 is 6.10 Å². The Hall–Kier alpha value is -2.00. The van der Waals surface area contributed by atoms with Crippen LogP contribution >= 0.6 is 11.6 Å². The minimum atomic E-state index is -0.592. The highest BCUT2D eigenvalue weighted by molar-refractivity contribution is 6.31. The van der Waals surface area contributed by atoms with Crippen LogP contribution in [0, 0.1) is 6.92 Å². The van der Waals surface area contributed by atoms with Crippen molar-refractivity contribution in [2.45, 2.75) is 33.3 Å². The van der Waals surface area contributed by atoms with Gasteiger partial charge < -0.3 is 10.1 Å². The van der Waals surface area contributed by atoms with Crippen LogP contribution in [0.2, 0.25) is 5.02 Å². The number of benzene rings is 2. The molecule has 0 spiro atoms. The van der Waals surface area contributed by atoms with Gasteiger partial charge in [0.2, 0.25) is 0 Å². The lowest BCUT2D eigenvalue weighted by molar-refractivity contribution is -0.122. The van der Waals surface area contributed by atoms with E-state index in [4.69, 9.17) is 16.3 Å². The average molecular weight is 318 g/mol. The van der Waals surface area contributed by atoms with Crippen molar-refractivity contribution >= 4 is 23.2 Å². The van der Waals surface area contributed by atoms with E-state index in [1.54, 1.807) is 19.1 Å². The van der Waals surface area contributed by atoms with Gasteiger partial charge in [-0.15, -0.1) is 0 Å². The lowest BCUT2D eigenvalue weighted by atomic mass is 10.1. The highest BCUT2D eigenvalue weighted by Crippen LogP contribution is 2.22. The Labute approximate surface area is 136 Å². The maximum absolute atomic E-state index is 12.3. The van der Waals surface area contributed by atoms with Gasteiger partial charge in [-0.25, -0.2) is 0 Å². The third kappa shape index (κ3) is 4.01. The van der Waals surface area contributed by atoms with Gasteiger partial charge in [0.1, 0.15) is 5.75 Å². The fraction of sp³-hybridized carbons (Fsp3) is 0.278. The van der Waals surface area contributed by atoms with Crippen LogP contribution in [0.25, 0.3) is 0 Å². The van der Waals surface area contributed by atoms with Gasteiger partial charge in [0.05, 0.1) is 0 Å². The SMILES string of the molecule is CCc1ccccc1O[C@H](C)C(=O)Nc1cc(Cl)ccc1C. The Morgan fingerprint density at radius 2 is 2.00 bits per heavy atom. The third-order valence-corrected chi connectivity index (χ3v) is 3.72. The molecule has 0 aliphatic carbocycles. The van der Waals surface area contributed by atoms with Crippen molar-refractivity contribution in [3.05, 3.63) is 58.6 Å². The monoisotopic (exact) mass is 317 g/mol. The zero-order chi connectivity index (χ0) is 16.1. The van der Waals surface area contributed by atoms with E-state index in [-0.39, 0.29) is 5.91 Å². The molecule has 0 unspecified atom stereocenters. The minimum absolute atomic E-state index is 0.198. The Kier molecular flexibility index (Phi) is 5.45. The van der Waals surface area contributed by atoms with Crippen LogP contribution in [0.4, 0.5) is 5.69 Å². The molecule has 0 bridgehead atoms. The second kappa shape index (κ2) is 7.32. The van der Waals surface area contributed by atoms with Crippen molar-refractivity contribution in [1.29, 1.82) is 0 Å². The summed E-state index contributed by atoms with van der Waals surface area (Å²) in [6.45, 7) is 5.72. The van der Waals surface area contributed by atoms with Gasteiger partial charge in [-0.05, 0) is 49.6 Å². The molecular formula is C18H20ClNO2. The molecule has 22 heavy (non-hydrogen) atoms. The van der Waals surface area contributed by atoms with Crippen LogP contribution in [0.3, 0.4) is 0 Å². The first-order valence-electron chi connectivity index (χ1n) is 7.33. The largest absolute Gasteiger partial charge is 0.481 e. The number of amides is 1. The van der Waals surface area contributed by atoms with E-state index in [2.05, 4.69) is 12.2 Å². The lowest BCUT2D eigenvalue weighted by Gasteiger charge is -2.17. The molecule has 1 atom stereocenters. The number of carbonyl (C=O) groups is 1. The van der Waals surface area contributed by atoms with Gasteiger partial charge in [-0.2, -0.15) is 0 Å². The van der Waals surface area contributed by atoms with Crippen molar-refractivity contribution in [3.63, 3.8) is 0 Å². The van der Waals surface area contributed by atoms with Crippen molar-refractivity contribution in [2.75, 3.05) is 5.32 Å². The Morgan fingerprint density at radius 1 is 1.27 bits per heavy atom. The molecule has 0 radical (unpaired) electrons. The zero-order valence-electron chi connectivity index (χ0n) is 13.0. The molecule has 0 saturated carbocycles. The minimum Gasteiger partial charge on any atom is -0.481 e. The van der Waals surface area contributed by atoms with Gasteiger partial charge in [0, 0.05) is 10.7 Å². The first-order valence-corrected chi connectivity index (χ1v) is 7.70. The van der Waals surface area contributed by atoms with Crippen molar-refractivity contribution in [2.24, 2.45) is 0 Å². The summed E-state index contributed by atoms with van der Waals surface area (Å²) in [7, 11) is 0. The topological polar surface area (TPSA) is 38.3 Å². The molecule has 1 N–H and O–H groups in total. The smallest absolute Gasteiger partial charge is 0.265 e. The predicted molar refractivity (Wildman–Crippen MR) is 90.7 cm³/mol. The summed E-state index contributed by atoms with van der Waals surface area (Å²) in [6.07, 6.45) is 0.267. The first-order chi connectivity index (χ1) is 10.5. The summed E-state index contributed by atoms with van der Waals surface area (Å²) in [4.78, 5) is 12.3. The molecule has 2 aromatic carbocycles. The first kappa shape index (κ1) is 16.4. The summed E-state index contributed by atoms with van der Waals surface area (Å²) >= 11 is 5.97. The maximum atomic E-state index is 12.3. The van der Waals surface area contributed by atoms with Gasteiger partial charge >= 0.3 is 0 Å². The molecule has 0 heterocycles. The standard InChI is InChI=1S/C18H20ClNO2/c1-4-14-7-5-6-8-17(14)22-13(3)18(21)20-16-11-15(19)10-9-12(16)2/h5-11,13H,4H2,1-3H3,(H,20,21)/t13-/m1/s1. The van der Waals surface area contributed by atoms with E-state index >= 15 is 0 Å². The molecule has 0 fully saturated rings. The van der Waals surface area contributed by atoms with Gasteiger partial charge in [0.25, 0.3) is 5.91 Å². The number of halogens is 1. The van der Waals surface area contributed by atoms with Crippen molar-refractivity contribution in [3.8, 4) is 5.75 Å². The summed E-state index contributed by atoms with van der Waals surface area (Å²) in [5, 5.41) is 3.45. The van der Waals surface area contributed by atoms with Crippen LogP contribution in [-0.4, -0.2) is 12.0 Å². The van der Waals surface area contributed by atoms with E-state index in [1.165, 1.54) is 0 Å². The van der Waals surface area contributed by atoms with Crippen LogP contribution in [0.5, 0.6) is 5.75 Å². The van der Waals surface area contributed by atoms with E-state index in [0.717, 1.165) is 23.3 Å². The molecule has 0 aliphatic rings. The Balaban J connectivity index is 2.07. The molecule has 116 valence electrons. The Bertz CT molecular complexity index is 670. The zero-order valence-corrected chi connectivity index (χ0v) is 13.8. The molecular weight excluding hydrogens is 298 g/mol. The third-order valence-electron chi connectivity index (χ3n) is 3.48. The van der Waals surface area contributed by atoms with E-state index in [0.29, 0.717) is 10.7 Å². The van der Waals surface area contributed by atoms with Gasteiger partial charge in [-0.3, -0.25) is 4.79 Å². The molecule has 0 aromatic heterocycles. The van der Waals surface area contributed by atoms with E-state index in [1.807, 2.05) is 37.3 Å². The molecule has 2 rings (SSSR count). The molecule has 0 saturated heterocycles. The number of hydrogen-bond acceptors (Lipinski definition) is 2. The summed E-state index contributed by atoms with van der Waals surface area (Å²) in [6, 6.07) is 13.2. The number of anilines is 1. The highest BCUT2D eigenvalue weighted by Gasteiger charge is 2.17. The second-order valence-electron chi connectivity index (χ2n) is 5.17. The predicted octanol–water partition coefficient (Wildman–Crippen LogP) is 4.62. The number of carbonyl (C=O) groups excluding carboxylic acids is 1. The summed E-state index contributed by atoms with van der Waals surface area (Å²) in [5.41, 5.74) is 2.75. The van der Waals surface area contributed by atoms with Crippen molar-refractivity contribution in [1.82, 2.24) is 0 Å². The molecule has 0 aliphatic heterocycles. The maximum Gasteiger partial charge on any atom is 0.265 e. The van der Waals surface area contributed by atoms with Crippen LogP contribution < -0.4 is 10.1 Å².